The Kier molecular flexibility index (Phi) is 7.54. The Morgan fingerprint density at radius 2 is 1.23 bits per heavy atom. The number of benzene rings is 4. The van der Waals surface area contributed by atoms with E-state index in [2.05, 4.69) is 113 Å². The lowest BCUT2D eigenvalue weighted by Crippen LogP contribution is -2.21. The third kappa shape index (κ3) is 4.53. The zero-order valence-electron chi connectivity index (χ0n) is 20.7. The van der Waals surface area contributed by atoms with Crippen LogP contribution in [-0.4, -0.2) is 28.3 Å². The van der Waals surface area contributed by atoms with E-state index in [1.807, 2.05) is 21.1 Å². The molecule has 1 radical (unpaired) electrons. The van der Waals surface area contributed by atoms with Crippen LogP contribution in [0.25, 0.3) is 33.0 Å². The summed E-state index contributed by atoms with van der Waals surface area (Å²) in [5, 5.41) is 21.0. The third-order valence-corrected chi connectivity index (χ3v) is 6.55. The van der Waals surface area contributed by atoms with Gasteiger partial charge in [0, 0.05) is 32.8 Å². The molecule has 4 heteroatoms. The van der Waals surface area contributed by atoms with Crippen LogP contribution < -0.4 is 16.0 Å². The van der Waals surface area contributed by atoms with Crippen molar-refractivity contribution in [1.29, 1.82) is 0 Å². The lowest BCUT2D eigenvalue weighted by atomic mass is 9.85. The van der Waals surface area contributed by atoms with Crippen LogP contribution in [0.3, 0.4) is 0 Å². The predicted molar refractivity (Wildman–Crippen MR) is 146 cm³/mol. The first-order valence-corrected chi connectivity index (χ1v) is 11.8. The number of hydrogen-bond acceptors (Lipinski definition) is 3. The molecule has 4 nitrogen and oxygen atoms in total. The molecule has 177 valence electrons. The minimum atomic E-state index is 0.133. The molecule has 1 atom stereocenters. The SMILES string of the molecule is CNC1=CC(c2ccc3ccccc3c2-c2ccc(-c3ccccc3)cc2)C(NC)=C1NC.C[O]. The number of fused-ring (bicyclic) bond motifs is 1. The Balaban J connectivity index is 0.00000141. The topological polar surface area (TPSA) is 56.0 Å². The van der Waals surface area contributed by atoms with Crippen LogP contribution in [0.2, 0.25) is 0 Å². The van der Waals surface area contributed by atoms with E-state index in [0.29, 0.717) is 0 Å². The largest absolute Gasteiger partial charge is 0.389 e. The second kappa shape index (κ2) is 10.9. The maximum atomic E-state index is 8.25. The van der Waals surface area contributed by atoms with Crippen LogP contribution in [0.1, 0.15) is 11.5 Å². The number of allylic oxidation sites excluding steroid dienone is 1. The first-order valence-electron chi connectivity index (χ1n) is 11.8. The molecule has 0 amide bonds. The molecule has 3 N–H and O–H groups in total. The van der Waals surface area contributed by atoms with Crippen molar-refractivity contribution in [3.8, 4) is 22.3 Å². The van der Waals surface area contributed by atoms with Crippen molar-refractivity contribution in [3.63, 3.8) is 0 Å². The Labute approximate surface area is 208 Å². The minimum absolute atomic E-state index is 0.133. The van der Waals surface area contributed by atoms with Gasteiger partial charge in [-0.3, -0.25) is 0 Å². The molecule has 1 unspecified atom stereocenters. The van der Waals surface area contributed by atoms with Crippen molar-refractivity contribution >= 4 is 10.8 Å². The van der Waals surface area contributed by atoms with Crippen LogP contribution in [0.5, 0.6) is 0 Å². The van der Waals surface area contributed by atoms with Gasteiger partial charge in [-0.2, -0.15) is 0 Å². The molecule has 0 spiro atoms. The lowest BCUT2D eigenvalue weighted by molar-refractivity contribution is 0.282. The highest BCUT2D eigenvalue weighted by Gasteiger charge is 2.28. The van der Waals surface area contributed by atoms with Crippen molar-refractivity contribution < 1.29 is 5.11 Å². The number of rotatable bonds is 6. The molecule has 0 saturated carbocycles. The van der Waals surface area contributed by atoms with Gasteiger partial charge in [0.2, 0.25) is 0 Å². The lowest BCUT2D eigenvalue weighted by Gasteiger charge is -2.21. The normalized spacial score (nSPS) is 14.8. The van der Waals surface area contributed by atoms with Gasteiger partial charge < -0.3 is 16.0 Å². The highest BCUT2D eigenvalue weighted by atomic mass is 16.2. The monoisotopic (exact) mass is 462 g/mol. The van der Waals surface area contributed by atoms with Gasteiger partial charge in [0.05, 0.1) is 18.5 Å². The second-order valence-corrected chi connectivity index (χ2v) is 8.29. The fourth-order valence-corrected chi connectivity index (χ4v) is 4.97. The Morgan fingerprint density at radius 3 is 1.89 bits per heavy atom. The quantitative estimate of drug-likeness (QED) is 0.326. The van der Waals surface area contributed by atoms with E-state index in [1.165, 1.54) is 44.3 Å². The van der Waals surface area contributed by atoms with E-state index in [1.54, 1.807) is 0 Å². The summed E-state index contributed by atoms with van der Waals surface area (Å²) in [6.07, 6.45) is 2.31. The molecule has 0 aliphatic heterocycles. The summed E-state index contributed by atoms with van der Waals surface area (Å²) in [5.41, 5.74) is 9.69. The van der Waals surface area contributed by atoms with Gasteiger partial charge >= 0.3 is 0 Å². The minimum Gasteiger partial charge on any atom is -0.389 e. The van der Waals surface area contributed by atoms with Crippen molar-refractivity contribution in [1.82, 2.24) is 16.0 Å². The molecule has 35 heavy (non-hydrogen) atoms. The molecule has 4 aromatic rings. The van der Waals surface area contributed by atoms with Gasteiger partial charge in [-0.25, -0.2) is 5.11 Å². The molecule has 0 bridgehead atoms. The zero-order valence-corrected chi connectivity index (χ0v) is 20.7. The summed E-state index contributed by atoms with van der Waals surface area (Å²) in [6, 6.07) is 32.7. The average Bonchev–Trinajstić information content (AvgIpc) is 3.31. The first-order chi connectivity index (χ1) is 17.2. The molecular formula is C31H32N3O. The van der Waals surface area contributed by atoms with Crippen LogP contribution >= 0.6 is 0 Å². The summed E-state index contributed by atoms with van der Waals surface area (Å²) in [6.45, 7) is 0. The third-order valence-electron chi connectivity index (χ3n) is 6.55. The van der Waals surface area contributed by atoms with Crippen molar-refractivity contribution in [2.45, 2.75) is 5.92 Å². The fourth-order valence-electron chi connectivity index (χ4n) is 4.97. The van der Waals surface area contributed by atoms with E-state index in [0.717, 1.165) is 18.5 Å². The van der Waals surface area contributed by atoms with Gasteiger partial charge in [-0.1, -0.05) is 91.0 Å². The van der Waals surface area contributed by atoms with Gasteiger partial charge in [0.25, 0.3) is 0 Å². The second-order valence-electron chi connectivity index (χ2n) is 8.29. The molecule has 1 aliphatic carbocycles. The highest BCUT2D eigenvalue weighted by molar-refractivity contribution is 5.99. The van der Waals surface area contributed by atoms with E-state index < -0.39 is 0 Å². The summed E-state index contributed by atoms with van der Waals surface area (Å²) >= 11 is 0. The average molecular weight is 463 g/mol. The summed E-state index contributed by atoms with van der Waals surface area (Å²) in [5.74, 6) is 0.133. The van der Waals surface area contributed by atoms with Gasteiger partial charge in [0.1, 0.15) is 0 Å². The maximum absolute atomic E-state index is 8.25. The standard InChI is InChI=1S/C30H29N3.CH3O/c1-31-27-19-26(29(32-2)30(27)33-3)25-18-17-22-11-7-8-12-24(22)28(25)23-15-13-21(14-16-23)20-9-5-4-6-10-20;1-2/h4-19,26,31-33H,1-3H3;1H3. The Bertz CT molecular complexity index is 1360. The van der Waals surface area contributed by atoms with E-state index in [-0.39, 0.29) is 5.92 Å². The van der Waals surface area contributed by atoms with E-state index >= 15 is 0 Å². The summed E-state index contributed by atoms with van der Waals surface area (Å²) in [7, 11) is 6.70. The molecular weight excluding hydrogens is 430 g/mol. The smallest absolute Gasteiger partial charge is 0.0772 e. The van der Waals surface area contributed by atoms with Crippen LogP contribution in [0.4, 0.5) is 0 Å². The van der Waals surface area contributed by atoms with Crippen molar-refractivity contribution in [2.75, 3.05) is 28.3 Å². The summed E-state index contributed by atoms with van der Waals surface area (Å²) < 4.78 is 0. The van der Waals surface area contributed by atoms with Gasteiger partial charge in [0.15, 0.2) is 0 Å². The van der Waals surface area contributed by atoms with Gasteiger partial charge in [-0.15, -0.1) is 0 Å². The molecule has 0 aromatic heterocycles. The summed E-state index contributed by atoms with van der Waals surface area (Å²) in [4.78, 5) is 0. The molecule has 0 heterocycles. The number of hydrogen-bond donors (Lipinski definition) is 3. The zero-order chi connectivity index (χ0) is 24.8. The molecule has 0 fully saturated rings. The molecule has 5 rings (SSSR count). The van der Waals surface area contributed by atoms with Crippen LogP contribution in [-0.2, 0) is 5.11 Å². The molecule has 1 aliphatic rings. The van der Waals surface area contributed by atoms with E-state index in [9.17, 15) is 0 Å². The molecule has 0 saturated heterocycles. The maximum Gasteiger partial charge on any atom is 0.0772 e. The number of nitrogens with one attached hydrogen (secondary N) is 3. The van der Waals surface area contributed by atoms with Crippen molar-refractivity contribution in [3.05, 3.63) is 120 Å². The fraction of sp³-hybridized carbons (Fsp3) is 0.161. The Hall–Kier alpha value is -4.02. The number of likely N-dealkylation sites (N-methyl/N-ethyl adjacent to an activating group) is 3. The van der Waals surface area contributed by atoms with Crippen LogP contribution in [0, 0.1) is 0 Å². The molecule has 4 aromatic carbocycles. The van der Waals surface area contributed by atoms with Gasteiger partial charge in [-0.05, 0) is 44.7 Å². The van der Waals surface area contributed by atoms with E-state index in [4.69, 9.17) is 5.11 Å². The first kappa shape index (κ1) is 24.1. The predicted octanol–water partition coefficient (Wildman–Crippen LogP) is 6.07. The van der Waals surface area contributed by atoms with Crippen LogP contribution in [0.15, 0.2) is 114 Å². The Morgan fingerprint density at radius 1 is 0.600 bits per heavy atom. The van der Waals surface area contributed by atoms with Crippen molar-refractivity contribution in [2.24, 2.45) is 0 Å². The highest BCUT2D eigenvalue weighted by Crippen LogP contribution is 2.42.